The van der Waals surface area contributed by atoms with Gasteiger partial charge in [-0.2, -0.15) is 0 Å². The normalized spacial score (nSPS) is 25.3. The van der Waals surface area contributed by atoms with E-state index in [0.29, 0.717) is 5.92 Å². The van der Waals surface area contributed by atoms with Crippen molar-refractivity contribution in [1.29, 1.82) is 0 Å². The SMILES string of the molecule is O=C(Nc1cccc(Cl)c1F)N1CCC2CCCCC2C1. The van der Waals surface area contributed by atoms with Crippen LogP contribution >= 0.6 is 11.6 Å². The zero-order chi connectivity index (χ0) is 14.8. The molecular weight excluding hydrogens is 291 g/mol. The van der Waals surface area contributed by atoms with Gasteiger partial charge < -0.3 is 10.2 Å². The first-order chi connectivity index (χ1) is 10.1. The largest absolute Gasteiger partial charge is 0.324 e. The molecule has 2 aliphatic rings. The van der Waals surface area contributed by atoms with Crippen LogP contribution in [0, 0.1) is 17.7 Å². The van der Waals surface area contributed by atoms with E-state index in [1.54, 1.807) is 6.07 Å². The summed E-state index contributed by atoms with van der Waals surface area (Å²) >= 11 is 5.73. The van der Waals surface area contributed by atoms with E-state index in [4.69, 9.17) is 11.6 Å². The highest BCUT2D eigenvalue weighted by molar-refractivity contribution is 6.31. The molecule has 2 fully saturated rings. The molecule has 114 valence electrons. The maximum Gasteiger partial charge on any atom is 0.321 e. The predicted octanol–water partition coefficient (Wildman–Crippen LogP) is 4.52. The molecule has 1 aliphatic carbocycles. The van der Waals surface area contributed by atoms with Crippen molar-refractivity contribution in [1.82, 2.24) is 4.90 Å². The number of hydrogen-bond acceptors (Lipinski definition) is 1. The van der Waals surface area contributed by atoms with Crippen LogP contribution in [0.1, 0.15) is 32.1 Å². The highest BCUT2D eigenvalue weighted by Crippen LogP contribution is 2.36. The number of halogens is 2. The Hall–Kier alpha value is -1.29. The van der Waals surface area contributed by atoms with Gasteiger partial charge in [-0.15, -0.1) is 0 Å². The molecule has 2 atom stereocenters. The molecule has 2 amide bonds. The van der Waals surface area contributed by atoms with E-state index in [2.05, 4.69) is 5.32 Å². The van der Waals surface area contributed by atoms with E-state index in [-0.39, 0.29) is 16.7 Å². The van der Waals surface area contributed by atoms with Crippen molar-refractivity contribution in [2.75, 3.05) is 18.4 Å². The smallest absolute Gasteiger partial charge is 0.321 e. The standard InChI is InChI=1S/C16H20ClFN2O/c17-13-6-3-7-14(15(13)18)19-16(21)20-9-8-11-4-1-2-5-12(11)10-20/h3,6-7,11-12H,1-2,4-5,8-10H2,(H,19,21). The van der Waals surface area contributed by atoms with Gasteiger partial charge in [-0.25, -0.2) is 9.18 Å². The first kappa shape index (κ1) is 14.6. The van der Waals surface area contributed by atoms with Gasteiger partial charge in [-0.3, -0.25) is 0 Å². The number of piperidine rings is 1. The van der Waals surface area contributed by atoms with Gasteiger partial charge in [0.05, 0.1) is 10.7 Å². The van der Waals surface area contributed by atoms with Crippen molar-refractivity contribution in [2.45, 2.75) is 32.1 Å². The minimum absolute atomic E-state index is 0.0267. The molecule has 0 aromatic heterocycles. The zero-order valence-electron chi connectivity index (χ0n) is 11.9. The minimum Gasteiger partial charge on any atom is -0.324 e. The first-order valence-electron chi connectivity index (χ1n) is 7.65. The fourth-order valence-corrected chi connectivity index (χ4v) is 3.75. The molecule has 1 N–H and O–H groups in total. The molecule has 3 nitrogen and oxygen atoms in total. The summed E-state index contributed by atoms with van der Waals surface area (Å²) in [5.41, 5.74) is 0.151. The van der Waals surface area contributed by atoms with Gasteiger partial charge in [-0.05, 0) is 36.8 Å². The summed E-state index contributed by atoms with van der Waals surface area (Å²) in [6.07, 6.45) is 6.15. The maximum absolute atomic E-state index is 13.8. The topological polar surface area (TPSA) is 32.3 Å². The number of rotatable bonds is 1. The van der Waals surface area contributed by atoms with Crippen molar-refractivity contribution in [3.8, 4) is 0 Å². The molecule has 3 rings (SSSR count). The van der Waals surface area contributed by atoms with Crippen LogP contribution < -0.4 is 5.32 Å². The molecule has 5 heteroatoms. The second kappa shape index (κ2) is 6.22. The number of anilines is 1. The molecule has 0 bridgehead atoms. The molecular formula is C16H20ClFN2O. The van der Waals surface area contributed by atoms with Crippen LogP contribution in [0.25, 0.3) is 0 Å². The number of carbonyl (C=O) groups excluding carboxylic acids is 1. The zero-order valence-corrected chi connectivity index (χ0v) is 12.7. The van der Waals surface area contributed by atoms with Gasteiger partial charge >= 0.3 is 6.03 Å². The van der Waals surface area contributed by atoms with Crippen molar-refractivity contribution in [3.63, 3.8) is 0 Å². The second-order valence-corrected chi connectivity index (χ2v) is 6.48. The van der Waals surface area contributed by atoms with E-state index >= 15 is 0 Å². The monoisotopic (exact) mass is 310 g/mol. The van der Waals surface area contributed by atoms with E-state index in [9.17, 15) is 9.18 Å². The Morgan fingerprint density at radius 1 is 1.24 bits per heavy atom. The lowest BCUT2D eigenvalue weighted by Gasteiger charge is -2.41. The number of nitrogens with zero attached hydrogens (tertiary/aromatic N) is 1. The van der Waals surface area contributed by atoms with Crippen molar-refractivity contribution >= 4 is 23.3 Å². The van der Waals surface area contributed by atoms with Crippen LogP contribution in [-0.4, -0.2) is 24.0 Å². The van der Waals surface area contributed by atoms with Crippen molar-refractivity contribution in [3.05, 3.63) is 29.0 Å². The molecule has 0 radical (unpaired) electrons. The quantitative estimate of drug-likeness (QED) is 0.812. The van der Waals surface area contributed by atoms with Gasteiger partial charge in [0.15, 0.2) is 5.82 Å². The number of nitrogens with one attached hydrogen (secondary N) is 1. The molecule has 1 saturated heterocycles. The average Bonchev–Trinajstić information content (AvgIpc) is 2.51. The van der Waals surface area contributed by atoms with Crippen LogP contribution in [0.4, 0.5) is 14.9 Å². The lowest BCUT2D eigenvalue weighted by Crippen LogP contribution is -2.46. The van der Waals surface area contributed by atoms with Crippen LogP contribution in [-0.2, 0) is 0 Å². The summed E-state index contributed by atoms with van der Waals surface area (Å²) in [6, 6.07) is 4.42. The van der Waals surface area contributed by atoms with Crippen molar-refractivity contribution < 1.29 is 9.18 Å². The summed E-state index contributed by atoms with van der Waals surface area (Å²) in [5, 5.41) is 2.67. The fourth-order valence-electron chi connectivity index (χ4n) is 3.58. The van der Waals surface area contributed by atoms with Gasteiger partial charge in [0.1, 0.15) is 0 Å². The van der Waals surface area contributed by atoms with Crippen LogP contribution in [0.3, 0.4) is 0 Å². The molecule has 2 unspecified atom stereocenters. The summed E-state index contributed by atoms with van der Waals surface area (Å²) < 4.78 is 13.8. The second-order valence-electron chi connectivity index (χ2n) is 6.07. The number of amides is 2. The Morgan fingerprint density at radius 2 is 2.00 bits per heavy atom. The Labute approximate surface area is 129 Å². The van der Waals surface area contributed by atoms with Crippen LogP contribution in [0.2, 0.25) is 5.02 Å². The van der Waals surface area contributed by atoms with E-state index < -0.39 is 5.82 Å². The summed E-state index contributed by atoms with van der Waals surface area (Å²) in [4.78, 5) is 14.1. The lowest BCUT2D eigenvalue weighted by atomic mass is 9.75. The maximum atomic E-state index is 13.8. The van der Waals surface area contributed by atoms with E-state index in [1.807, 2.05) is 4.90 Å². The average molecular weight is 311 g/mol. The van der Waals surface area contributed by atoms with Crippen LogP contribution in [0.5, 0.6) is 0 Å². The van der Waals surface area contributed by atoms with E-state index in [1.165, 1.54) is 37.8 Å². The molecule has 0 spiro atoms. The molecule has 1 aromatic carbocycles. The van der Waals surface area contributed by atoms with E-state index in [0.717, 1.165) is 25.4 Å². The third-order valence-corrected chi connectivity index (χ3v) is 5.06. The van der Waals surface area contributed by atoms with Gasteiger partial charge in [-0.1, -0.05) is 36.9 Å². The third-order valence-electron chi connectivity index (χ3n) is 4.77. The third kappa shape index (κ3) is 3.15. The number of carbonyl (C=O) groups is 1. The highest BCUT2D eigenvalue weighted by atomic mass is 35.5. The summed E-state index contributed by atoms with van der Waals surface area (Å²) in [5.74, 6) is 0.813. The van der Waals surface area contributed by atoms with Crippen molar-refractivity contribution in [2.24, 2.45) is 11.8 Å². The van der Waals surface area contributed by atoms with Gasteiger partial charge in [0.25, 0.3) is 0 Å². The number of fused-ring (bicyclic) bond motifs is 1. The number of likely N-dealkylation sites (tertiary alicyclic amines) is 1. The Kier molecular flexibility index (Phi) is 4.34. The predicted molar refractivity (Wildman–Crippen MR) is 82.1 cm³/mol. The molecule has 21 heavy (non-hydrogen) atoms. The Balaban J connectivity index is 1.64. The number of hydrogen-bond donors (Lipinski definition) is 1. The summed E-state index contributed by atoms with van der Waals surface area (Å²) in [7, 11) is 0. The Morgan fingerprint density at radius 3 is 2.81 bits per heavy atom. The number of urea groups is 1. The summed E-state index contributed by atoms with van der Waals surface area (Å²) in [6.45, 7) is 1.55. The fraction of sp³-hybridized carbons (Fsp3) is 0.562. The van der Waals surface area contributed by atoms with Gasteiger partial charge in [0.2, 0.25) is 0 Å². The molecule has 1 aromatic rings. The molecule has 1 heterocycles. The highest BCUT2D eigenvalue weighted by Gasteiger charge is 2.33. The Bertz CT molecular complexity index is 537. The van der Waals surface area contributed by atoms with Crippen LogP contribution in [0.15, 0.2) is 18.2 Å². The lowest BCUT2D eigenvalue weighted by molar-refractivity contribution is 0.108. The molecule has 1 aliphatic heterocycles. The number of benzene rings is 1. The molecule has 1 saturated carbocycles. The van der Waals surface area contributed by atoms with Gasteiger partial charge in [0, 0.05) is 13.1 Å². The first-order valence-corrected chi connectivity index (χ1v) is 8.03. The minimum atomic E-state index is -0.569.